The minimum Gasteiger partial charge on any atom is -0.465 e. The number of alkyl halides is 3. The molecule has 0 amide bonds. The lowest BCUT2D eigenvalue weighted by Crippen LogP contribution is -2.24. The lowest BCUT2D eigenvalue weighted by atomic mass is 9.93. The predicted octanol–water partition coefficient (Wildman–Crippen LogP) is 4.69. The van der Waals surface area contributed by atoms with Gasteiger partial charge in [0.05, 0.1) is 30.0 Å². The van der Waals surface area contributed by atoms with E-state index in [-0.39, 0.29) is 22.8 Å². The number of halogens is 4. The molecule has 0 unspecified atom stereocenters. The smallest absolute Gasteiger partial charge is 0.453 e. The largest absolute Gasteiger partial charge is 0.465 e. The normalized spacial score (nSPS) is 15.6. The SMILES string of the molecule is COC(=O)c1ccc([C@@H]2C(C#N)=C(c3ccc(Cl)cc3)Nc3nc(C(F)(F)F)nn32)cc1. The molecule has 1 aliphatic heterocycles. The quantitative estimate of drug-likeness (QED) is 0.571. The molecule has 4 rings (SSSR count). The number of aromatic nitrogens is 3. The molecule has 162 valence electrons. The molecule has 0 radical (unpaired) electrons. The van der Waals surface area contributed by atoms with Crippen LogP contribution < -0.4 is 5.32 Å². The van der Waals surface area contributed by atoms with Crippen molar-refractivity contribution in [3.8, 4) is 6.07 Å². The van der Waals surface area contributed by atoms with Crippen LogP contribution in [0.15, 0.2) is 54.1 Å². The fourth-order valence-electron chi connectivity index (χ4n) is 3.34. The Morgan fingerprint density at radius 3 is 2.41 bits per heavy atom. The van der Waals surface area contributed by atoms with E-state index in [4.69, 9.17) is 11.6 Å². The number of rotatable bonds is 3. The summed E-state index contributed by atoms with van der Waals surface area (Å²) in [5.41, 5.74) is 1.61. The van der Waals surface area contributed by atoms with Crippen molar-refractivity contribution in [1.82, 2.24) is 14.8 Å². The monoisotopic (exact) mass is 459 g/mol. The summed E-state index contributed by atoms with van der Waals surface area (Å²) in [5.74, 6) is -2.09. The van der Waals surface area contributed by atoms with Crippen LogP contribution in [0.1, 0.15) is 33.4 Å². The lowest BCUT2D eigenvalue weighted by molar-refractivity contribution is -0.145. The number of nitrogens with zero attached hydrogens (tertiary/aromatic N) is 4. The second kappa shape index (κ2) is 8.01. The van der Waals surface area contributed by atoms with Crippen LogP contribution in [0.2, 0.25) is 5.02 Å². The Labute approximate surface area is 184 Å². The summed E-state index contributed by atoms with van der Waals surface area (Å²) in [5, 5.41) is 16.8. The van der Waals surface area contributed by atoms with Crippen molar-refractivity contribution in [2.24, 2.45) is 0 Å². The van der Waals surface area contributed by atoms with E-state index in [9.17, 15) is 23.2 Å². The first-order chi connectivity index (χ1) is 15.2. The summed E-state index contributed by atoms with van der Waals surface area (Å²) in [7, 11) is 1.23. The Morgan fingerprint density at radius 2 is 1.84 bits per heavy atom. The zero-order valence-electron chi connectivity index (χ0n) is 16.3. The number of carbonyl (C=O) groups is 1. The third-order valence-electron chi connectivity index (χ3n) is 4.81. The highest BCUT2D eigenvalue weighted by Crippen LogP contribution is 2.40. The van der Waals surface area contributed by atoms with E-state index < -0.39 is 24.0 Å². The molecule has 0 fully saturated rings. The number of anilines is 1. The van der Waals surface area contributed by atoms with E-state index in [1.165, 1.54) is 31.4 Å². The second-order valence-electron chi connectivity index (χ2n) is 6.75. The highest BCUT2D eigenvalue weighted by Gasteiger charge is 2.40. The first-order valence-electron chi connectivity index (χ1n) is 9.12. The summed E-state index contributed by atoms with van der Waals surface area (Å²) in [6, 6.07) is 13.5. The van der Waals surface area contributed by atoms with Gasteiger partial charge in [0.15, 0.2) is 0 Å². The second-order valence-corrected chi connectivity index (χ2v) is 7.19. The standard InChI is InChI=1S/C21H13ClF3N5O2/c1-32-18(31)13-4-2-12(3-5-13)17-15(10-26)16(11-6-8-14(22)9-7-11)27-20-28-19(21(23,24)25)29-30(17)20/h2-9,17H,1H3,(H,27,28,29)/t17-/m1/s1. The van der Waals surface area contributed by atoms with Crippen molar-refractivity contribution < 1.29 is 22.7 Å². The molecule has 3 aromatic rings. The Balaban J connectivity index is 1.91. The first-order valence-corrected chi connectivity index (χ1v) is 9.50. The van der Waals surface area contributed by atoms with Gasteiger partial charge in [-0.1, -0.05) is 35.9 Å². The summed E-state index contributed by atoms with van der Waals surface area (Å²) < 4.78 is 45.6. The maximum absolute atomic E-state index is 13.3. The van der Waals surface area contributed by atoms with Crippen molar-refractivity contribution in [3.05, 3.63) is 81.6 Å². The molecule has 1 atom stereocenters. The average molecular weight is 460 g/mol. The molecule has 2 heterocycles. The van der Waals surface area contributed by atoms with E-state index in [1.807, 2.05) is 0 Å². The zero-order valence-corrected chi connectivity index (χ0v) is 17.1. The molecule has 1 aromatic heterocycles. The van der Waals surface area contributed by atoms with E-state index in [1.54, 1.807) is 24.3 Å². The van der Waals surface area contributed by atoms with Gasteiger partial charge in [-0.2, -0.15) is 23.4 Å². The first kappa shape index (κ1) is 21.4. The fourth-order valence-corrected chi connectivity index (χ4v) is 3.46. The summed E-state index contributed by atoms with van der Waals surface area (Å²) >= 11 is 5.94. The lowest BCUT2D eigenvalue weighted by Gasteiger charge is -2.27. The number of nitrogens with one attached hydrogen (secondary N) is 1. The van der Waals surface area contributed by atoms with E-state index >= 15 is 0 Å². The third kappa shape index (κ3) is 3.78. The molecule has 1 N–H and O–H groups in total. The van der Waals surface area contributed by atoms with Gasteiger partial charge in [0.25, 0.3) is 5.82 Å². The number of methoxy groups -OCH3 is 1. The van der Waals surface area contributed by atoms with Gasteiger partial charge in [-0.05, 0) is 35.4 Å². The van der Waals surface area contributed by atoms with Crippen LogP contribution in [-0.4, -0.2) is 27.8 Å². The summed E-state index contributed by atoms with van der Waals surface area (Å²) in [6.07, 6.45) is -4.78. The maximum atomic E-state index is 13.3. The number of allylic oxidation sites excluding steroid dienone is 1. The summed E-state index contributed by atoms with van der Waals surface area (Å²) in [4.78, 5) is 15.3. The van der Waals surface area contributed by atoms with Crippen molar-refractivity contribution in [2.75, 3.05) is 12.4 Å². The van der Waals surface area contributed by atoms with Gasteiger partial charge in [0.2, 0.25) is 5.95 Å². The van der Waals surface area contributed by atoms with Crippen LogP contribution in [0.5, 0.6) is 0 Å². The van der Waals surface area contributed by atoms with Crippen LogP contribution >= 0.6 is 11.6 Å². The third-order valence-corrected chi connectivity index (χ3v) is 5.06. The van der Waals surface area contributed by atoms with Crippen LogP contribution in [0.4, 0.5) is 19.1 Å². The number of hydrogen-bond acceptors (Lipinski definition) is 6. The molecule has 0 spiro atoms. The molecule has 2 aromatic carbocycles. The fraction of sp³-hybridized carbons (Fsp3) is 0.143. The number of benzene rings is 2. The van der Waals surface area contributed by atoms with Crippen LogP contribution in [0.3, 0.4) is 0 Å². The number of esters is 1. The van der Waals surface area contributed by atoms with Gasteiger partial charge in [0.1, 0.15) is 6.04 Å². The zero-order chi connectivity index (χ0) is 23.0. The minimum absolute atomic E-state index is 0.115. The van der Waals surface area contributed by atoms with Crippen molar-refractivity contribution in [1.29, 1.82) is 5.26 Å². The number of carbonyl (C=O) groups excluding carboxylic acids is 1. The van der Waals surface area contributed by atoms with Gasteiger partial charge < -0.3 is 10.1 Å². The molecule has 32 heavy (non-hydrogen) atoms. The highest BCUT2D eigenvalue weighted by atomic mass is 35.5. The number of ether oxygens (including phenoxy) is 1. The number of nitriles is 1. The number of fused-ring (bicyclic) bond motifs is 1. The number of hydrogen-bond donors (Lipinski definition) is 1. The Morgan fingerprint density at radius 1 is 1.19 bits per heavy atom. The molecule has 0 bridgehead atoms. The maximum Gasteiger partial charge on any atom is 0.453 e. The van der Waals surface area contributed by atoms with Crippen LogP contribution in [-0.2, 0) is 10.9 Å². The molecule has 0 saturated carbocycles. The van der Waals surface area contributed by atoms with E-state index in [2.05, 4.69) is 26.2 Å². The Hall–Kier alpha value is -3.84. The average Bonchev–Trinajstić information content (AvgIpc) is 3.22. The van der Waals surface area contributed by atoms with Gasteiger partial charge >= 0.3 is 12.1 Å². The minimum atomic E-state index is -4.78. The summed E-state index contributed by atoms with van der Waals surface area (Å²) in [6.45, 7) is 0. The van der Waals surface area contributed by atoms with Gasteiger partial charge in [-0.25, -0.2) is 9.48 Å². The van der Waals surface area contributed by atoms with Crippen LogP contribution in [0.25, 0.3) is 5.70 Å². The molecule has 0 saturated heterocycles. The van der Waals surface area contributed by atoms with Crippen molar-refractivity contribution in [2.45, 2.75) is 12.2 Å². The van der Waals surface area contributed by atoms with E-state index in [0.717, 1.165) is 4.68 Å². The van der Waals surface area contributed by atoms with Gasteiger partial charge in [0, 0.05) is 5.02 Å². The van der Waals surface area contributed by atoms with Crippen LogP contribution in [0, 0.1) is 11.3 Å². The molecule has 7 nitrogen and oxygen atoms in total. The van der Waals surface area contributed by atoms with Gasteiger partial charge in [-0.3, -0.25) is 0 Å². The molecular formula is C21H13ClF3N5O2. The highest BCUT2D eigenvalue weighted by molar-refractivity contribution is 6.30. The van der Waals surface area contributed by atoms with Gasteiger partial charge in [-0.15, -0.1) is 5.10 Å². The van der Waals surface area contributed by atoms with Crippen molar-refractivity contribution in [3.63, 3.8) is 0 Å². The molecule has 11 heteroatoms. The Bertz CT molecular complexity index is 1260. The molecule has 1 aliphatic rings. The molecule has 0 aliphatic carbocycles. The van der Waals surface area contributed by atoms with E-state index in [0.29, 0.717) is 16.1 Å². The molecular weight excluding hydrogens is 447 g/mol. The topological polar surface area (TPSA) is 92.8 Å². The predicted molar refractivity (Wildman–Crippen MR) is 109 cm³/mol. The van der Waals surface area contributed by atoms with Crippen molar-refractivity contribution >= 4 is 29.2 Å². The Kier molecular flexibility index (Phi) is 5.36.